The lowest BCUT2D eigenvalue weighted by molar-refractivity contribution is 0.0956. The van der Waals surface area contributed by atoms with E-state index in [1.54, 1.807) is 12.1 Å². The number of fused-ring (bicyclic) bond motifs is 3. The minimum absolute atomic E-state index is 0.0339. The third kappa shape index (κ3) is 2.60. The molecule has 3 unspecified atom stereocenters. The molecule has 134 valence electrons. The summed E-state index contributed by atoms with van der Waals surface area (Å²) in [6.07, 6.45) is 5.25. The van der Waals surface area contributed by atoms with E-state index in [1.165, 1.54) is 6.07 Å². The molecule has 26 heavy (non-hydrogen) atoms. The second-order valence-electron chi connectivity index (χ2n) is 6.85. The molecule has 0 bridgehead atoms. The highest BCUT2D eigenvalue weighted by atomic mass is 16.3. The third-order valence-corrected chi connectivity index (χ3v) is 5.33. The Morgan fingerprint density at radius 1 is 1.23 bits per heavy atom. The number of nitrogens with one attached hydrogen (secondary N) is 2. The zero-order chi connectivity index (χ0) is 18.3. The van der Waals surface area contributed by atoms with Gasteiger partial charge in [0.05, 0.1) is 17.3 Å². The van der Waals surface area contributed by atoms with E-state index >= 15 is 0 Å². The second kappa shape index (κ2) is 6.41. The van der Waals surface area contributed by atoms with Gasteiger partial charge in [-0.15, -0.1) is 0 Å². The van der Waals surface area contributed by atoms with E-state index in [4.69, 9.17) is 0 Å². The number of allylic oxidation sites excluding steroid dienone is 2. The van der Waals surface area contributed by atoms with Gasteiger partial charge in [0, 0.05) is 24.1 Å². The van der Waals surface area contributed by atoms with Gasteiger partial charge >= 0.3 is 0 Å². The number of amides is 1. The van der Waals surface area contributed by atoms with Crippen molar-refractivity contribution in [2.24, 2.45) is 5.92 Å². The molecule has 1 amide bonds. The first-order valence-corrected chi connectivity index (χ1v) is 8.96. The molecule has 2 aliphatic rings. The summed E-state index contributed by atoms with van der Waals surface area (Å²) in [4.78, 5) is 12.5. The molecule has 0 radical (unpaired) electrons. The summed E-state index contributed by atoms with van der Waals surface area (Å²) in [7, 11) is 0. The quantitative estimate of drug-likeness (QED) is 0.637. The average molecular weight is 350 g/mol. The highest BCUT2D eigenvalue weighted by Crippen LogP contribution is 2.52. The van der Waals surface area contributed by atoms with Gasteiger partial charge in [-0.2, -0.15) is 0 Å². The summed E-state index contributed by atoms with van der Waals surface area (Å²) in [6, 6.07) is 10.4. The summed E-state index contributed by atoms with van der Waals surface area (Å²) in [6.45, 7) is 2.46. The second-order valence-corrected chi connectivity index (χ2v) is 6.85. The van der Waals surface area contributed by atoms with Crippen molar-refractivity contribution in [2.75, 3.05) is 11.9 Å². The van der Waals surface area contributed by atoms with E-state index in [9.17, 15) is 15.0 Å². The number of benzene rings is 2. The van der Waals surface area contributed by atoms with Crippen LogP contribution in [0.25, 0.3) is 0 Å². The van der Waals surface area contributed by atoms with Crippen molar-refractivity contribution in [3.05, 3.63) is 65.2 Å². The number of carbonyl (C=O) groups excluding carboxylic acids is 1. The van der Waals surface area contributed by atoms with Crippen LogP contribution < -0.4 is 10.6 Å². The van der Waals surface area contributed by atoms with Gasteiger partial charge in [0.15, 0.2) is 0 Å². The molecule has 2 aromatic rings. The number of anilines is 1. The van der Waals surface area contributed by atoms with E-state index in [0.717, 1.165) is 23.2 Å². The zero-order valence-corrected chi connectivity index (χ0v) is 14.6. The number of para-hydroxylation sites is 1. The smallest absolute Gasteiger partial charge is 0.253 e. The molecule has 4 rings (SSSR count). The molecule has 1 aliphatic heterocycles. The van der Waals surface area contributed by atoms with Crippen molar-refractivity contribution >= 4 is 11.6 Å². The van der Waals surface area contributed by atoms with E-state index in [2.05, 4.69) is 28.9 Å². The van der Waals surface area contributed by atoms with Gasteiger partial charge in [0.25, 0.3) is 5.91 Å². The molecule has 1 heterocycles. The SMILES string of the molecule is CCNC(=O)c1cccc2c1NC(c1ccc(O)cc1O)C1CC=CC21. The average Bonchev–Trinajstić information content (AvgIpc) is 3.11. The molecule has 0 fully saturated rings. The van der Waals surface area contributed by atoms with Crippen LogP contribution in [0.2, 0.25) is 0 Å². The Labute approximate surface area is 152 Å². The molecule has 5 heteroatoms. The fourth-order valence-electron chi connectivity index (χ4n) is 4.17. The van der Waals surface area contributed by atoms with Gasteiger partial charge in [-0.25, -0.2) is 0 Å². The topological polar surface area (TPSA) is 81.6 Å². The predicted octanol–water partition coefficient (Wildman–Crippen LogP) is 3.67. The fraction of sp³-hybridized carbons (Fsp3) is 0.286. The van der Waals surface area contributed by atoms with Crippen molar-refractivity contribution in [3.63, 3.8) is 0 Å². The Hall–Kier alpha value is -2.95. The van der Waals surface area contributed by atoms with E-state index in [1.807, 2.05) is 19.1 Å². The van der Waals surface area contributed by atoms with Crippen LogP contribution in [-0.2, 0) is 0 Å². The van der Waals surface area contributed by atoms with Crippen LogP contribution in [0, 0.1) is 5.92 Å². The summed E-state index contributed by atoms with van der Waals surface area (Å²) < 4.78 is 0. The molecule has 5 nitrogen and oxygen atoms in total. The standard InChI is InChI=1S/C21H22N2O3/c1-2-22-21(26)17-8-4-7-15-13-5-3-6-14(13)19(23-20(15)17)16-10-9-12(24)11-18(16)25/h3-5,7-11,13-14,19,23-25H,2,6H2,1H3,(H,22,26). The van der Waals surface area contributed by atoms with Crippen LogP contribution in [0.15, 0.2) is 48.6 Å². The third-order valence-electron chi connectivity index (χ3n) is 5.33. The molecule has 0 aromatic heterocycles. The Morgan fingerprint density at radius 3 is 2.85 bits per heavy atom. The van der Waals surface area contributed by atoms with Gasteiger partial charge in [-0.3, -0.25) is 4.79 Å². The van der Waals surface area contributed by atoms with Gasteiger partial charge in [-0.1, -0.05) is 24.3 Å². The first-order valence-electron chi connectivity index (χ1n) is 8.96. The molecular weight excluding hydrogens is 328 g/mol. The van der Waals surface area contributed by atoms with Crippen molar-refractivity contribution in [3.8, 4) is 11.5 Å². The Bertz CT molecular complexity index is 891. The molecule has 1 aliphatic carbocycles. The summed E-state index contributed by atoms with van der Waals surface area (Å²) >= 11 is 0. The van der Waals surface area contributed by atoms with Gasteiger partial charge in [0.1, 0.15) is 11.5 Å². The zero-order valence-electron chi connectivity index (χ0n) is 14.6. The van der Waals surface area contributed by atoms with Crippen LogP contribution in [0.4, 0.5) is 5.69 Å². The molecule has 2 aromatic carbocycles. The molecular formula is C21H22N2O3. The maximum Gasteiger partial charge on any atom is 0.253 e. The van der Waals surface area contributed by atoms with E-state index in [-0.39, 0.29) is 35.3 Å². The summed E-state index contributed by atoms with van der Waals surface area (Å²) in [5.41, 5.74) is 3.29. The molecule has 4 N–H and O–H groups in total. The number of phenolic OH excluding ortho intramolecular Hbond substituents is 2. The summed E-state index contributed by atoms with van der Waals surface area (Å²) in [5, 5.41) is 26.4. The maximum absolute atomic E-state index is 12.5. The molecule has 0 saturated carbocycles. The van der Waals surface area contributed by atoms with Gasteiger partial charge in [-0.05, 0) is 43.0 Å². The fourth-order valence-corrected chi connectivity index (χ4v) is 4.17. The first kappa shape index (κ1) is 16.5. The normalized spacial score (nSPS) is 23.0. The van der Waals surface area contributed by atoms with Gasteiger partial charge in [0.2, 0.25) is 0 Å². The number of carbonyl (C=O) groups is 1. The lowest BCUT2D eigenvalue weighted by atomic mass is 9.76. The van der Waals surface area contributed by atoms with Crippen LogP contribution >= 0.6 is 0 Å². The first-order chi connectivity index (χ1) is 12.6. The molecule has 3 atom stereocenters. The van der Waals surface area contributed by atoms with Crippen LogP contribution in [0.3, 0.4) is 0 Å². The number of aromatic hydroxyl groups is 2. The molecule has 0 spiro atoms. The number of rotatable bonds is 3. The van der Waals surface area contributed by atoms with Crippen molar-refractivity contribution in [1.82, 2.24) is 5.32 Å². The monoisotopic (exact) mass is 350 g/mol. The van der Waals surface area contributed by atoms with Gasteiger partial charge < -0.3 is 20.8 Å². The summed E-state index contributed by atoms with van der Waals surface area (Å²) in [5.74, 6) is 0.436. The number of phenols is 2. The highest BCUT2D eigenvalue weighted by Gasteiger charge is 2.40. The van der Waals surface area contributed by atoms with Crippen molar-refractivity contribution < 1.29 is 15.0 Å². The van der Waals surface area contributed by atoms with E-state index in [0.29, 0.717) is 12.1 Å². The number of hydrogen-bond acceptors (Lipinski definition) is 4. The van der Waals surface area contributed by atoms with Crippen molar-refractivity contribution in [1.29, 1.82) is 0 Å². The van der Waals surface area contributed by atoms with E-state index < -0.39 is 0 Å². The van der Waals surface area contributed by atoms with Crippen LogP contribution in [-0.4, -0.2) is 22.7 Å². The lowest BCUT2D eigenvalue weighted by Crippen LogP contribution is -2.32. The number of hydrogen-bond donors (Lipinski definition) is 4. The van der Waals surface area contributed by atoms with Crippen LogP contribution in [0.1, 0.15) is 46.8 Å². The largest absolute Gasteiger partial charge is 0.508 e. The minimum Gasteiger partial charge on any atom is -0.508 e. The van der Waals surface area contributed by atoms with Crippen molar-refractivity contribution in [2.45, 2.75) is 25.3 Å². The Morgan fingerprint density at radius 2 is 2.08 bits per heavy atom. The highest BCUT2D eigenvalue weighted by molar-refractivity contribution is 6.00. The lowest BCUT2D eigenvalue weighted by Gasteiger charge is -2.38. The predicted molar refractivity (Wildman–Crippen MR) is 101 cm³/mol. The molecule has 0 saturated heterocycles. The van der Waals surface area contributed by atoms with Crippen LogP contribution in [0.5, 0.6) is 11.5 Å². The Kier molecular flexibility index (Phi) is 4.07. The minimum atomic E-state index is -0.140. The maximum atomic E-state index is 12.5. The Balaban J connectivity index is 1.81.